The van der Waals surface area contributed by atoms with Crippen LogP contribution in [0.1, 0.15) is 36.2 Å². The van der Waals surface area contributed by atoms with E-state index in [2.05, 4.69) is 0 Å². The standard InChI is InChI=1S/C13H16F3NO/c1-3-5-9-6-4-7-10(8-9)11(18)12(2,17)13(14,15)16/h4,6-8H,3,5,17H2,1-2H3. The Labute approximate surface area is 104 Å². The van der Waals surface area contributed by atoms with Gasteiger partial charge in [-0.05, 0) is 25.0 Å². The topological polar surface area (TPSA) is 43.1 Å². The molecule has 1 aromatic carbocycles. The van der Waals surface area contributed by atoms with Crippen molar-refractivity contribution in [2.75, 3.05) is 0 Å². The molecule has 0 aromatic heterocycles. The molecule has 0 saturated heterocycles. The van der Waals surface area contributed by atoms with E-state index < -0.39 is 17.5 Å². The van der Waals surface area contributed by atoms with Crippen molar-refractivity contribution in [2.24, 2.45) is 5.73 Å². The lowest BCUT2D eigenvalue weighted by Crippen LogP contribution is -2.57. The molecule has 100 valence electrons. The van der Waals surface area contributed by atoms with E-state index in [9.17, 15) is 18.0 Å². The van der Waals surface area contributed by atoms with Gasteiger partial charge in [0.25, 0.3) is 0 Å². The fourth-order valence-electron chi connectivity index (χ4n) is 1.59. The van der Waals surface area contributed by atoms with E-state index in [1.165, 1.54) is 12.1 Å². The minimum Gasteiger partial charge on any atom is -0.311 e. The molecule has 0 aliphatic rings. The number of rotatable bonds is 4. The Hall–Kier alpha value is -1.36. The molecule has 0 saturated carbocycles. The van der Waals surface area contributed by atoms with Crippen LogP contribution in [0.3, 0.4) is 0 Å². The third-order valence-electron chi connectivity index (χ3n) is 2.79. The zero-order valence-electron chi connectivity index (χ0n) is 10.3. The fourth-order valence-corrected chi connectivity index (χ4v) is 1.59. The Morgan fingerprint density at radius 2 is 1.94 bits per heavy atom. The molecule has 18 heavy (non-hydrogen) atoms. The van der Waals surface area contributed by atoms with Crippen LogP contribution < -0.4 is 5.73 Å². The van der Waals surface area contributed by atoms with E-state index in [0.717, 1.165) is 12.0 Å². The first-order chi connectivity index (χ1) is 8.20. The van der Waals surface area contributed by atoms with Gasteiger partial charge in [-0.3, -0.25) is 4.79 Å². The van der Waals surface area contributed by atoms with Gasteiger partial charge in [-0.15, -0.1) is 0 Å². The van der Waals surface area contributed by atoms with Crippen molar-refractivity contribution in [3.63, 3.8) is 0 Å². The molecule has 5 heteroatoms. The second-order valence-corrected chi connectivity index (χ2v) is 4.48. The smallest absolute Gasteiger partial charge is 0.311 e. The number of aryl methyl sites for hydroxylation is 1. The van der Waals surface area contributed by atoms with Crippen LogP contribution in [0.4, 0.5) is 13.2 Å². The van der Waals surface area contributed by atoms with E-state index in [-0.39, 0.29) is 5.56 Å². The molecule has 0 spiro atoms. The van der Waals surface area contributed by atoms with Crippen LogP contribution in [0.15, 0.2) is 24.3 Å². The molecule has 0 heterocycles. The molecule has 0 fully saturated rings. The van der Waals surface area contributed by atoms with E-state index in [0.29, 0.717) is 13.3 Å². The predicted octanol–water partition coefficient (Wildman–Crippen LogP) is 3.10. The Morgan fingerprint density at radius 3 is 2.44 bits per heavy atom. The lowest BCUT2D eigenvalue weighted by Gasteiger charge is -2.26. The second kappa shape index (κ2) is 5.10. The maximum absolute atomic E-state index is 12.7. The van der Waals surface area contributed by atoms with Crippen molar-refractivity contribution in [1.29, 1.82) is 0 Å². The average molecular weight is 259 g/mol. The SMILES string of the molecule is CCCc1cccc(C(=O)C(C)(N)C(F)(F)F)c1. The van der Waals surface area contributed by atoms with Crippen molar-refractivity contribution in [3.05, 3.63) is 35.4 Å². The Kier molecular flexibility index (Phi) is 4.16. The summed E-state index contributed by atoms with van der Waals surface area (Å²) >= 11 is 0. The monoisotopic (exact) mass is 259 g/mol. The number of benzene rings is 1. The maximum atomic E-state index is 12.7. The van der Waals surface area contributed by atoms with E-state index in [1.807, 2.05) is 6.92 Å². The highest BCUT2D eigenvalue weighted by atomic mass is 19.4. The lowest BCUT2D eigenvalue weighted by atomic mass is 9.90. The molecule has 0 aliphatic heterocycles. The van der Waals surface area contributed by atoms with E-state index >= 15 is 0 Å². The largest absolute Gasteiger partial charge is 0.413 e. The van der Waals surface area contributed by atoms with Crippen molar-refractivity contribution < 1.29 is 18.0 Å². The normalized spacial score (nSPS) is 15.2. The highest BCUT2D eigenvalue weighted by molar-refractivity contribution is 6.03. The highest BCUT2D eigenvalue weighted by Gasteiger charge is 2.53. The number of carbonyl (C=O) groups is 1. The van der Waals surface area contributed by atoms with Gasteiger partial charge in [0.2, 0.25) is 0 Å². The van der Waals surface area contributed by atoms with Crippen LogP contribution >= 0.6 is 0 Å². The van der Waals surface area contributed by atoms with Gasteiger partial charge in [0.05, 0.1) is 0 Å². The zero-order valence-corrected chi connectivity index (χ0v) is 10.3. The summed E-state index contributed by atoms with van der Waals surface area (Å²) < 4.78 is 38.0. The summed E-state index contributed by atoms with van der Waals surface area (Å²) in [5.74, 6) is -1.10. The molecule has 1 rings (SSSR count). The molecular formula is C13H16F3NO. The minimum absolute atomic E-state index is 0.00303. The van der Waals surface area contributed by atoms with Gasteiger partial charge in [-0.25, -0.2) is 0 Å². The number of nitrogens with two attached hydrogens (primary N) is 1. The Morgan fingerprint density at radius 1 is 1.33 bits per heavy atom. The molecule has 0 aliphatic carbocycles. The summed E-state index contributed by atoms with van der Waals surface area (Å²) in [6, 6.07) is 6.19. The first kappa shape index (κ1) is 14.7. The van der Waals surface area contributed by atoms with Gasteiger partial charge in [0.1, 0.15) is 0 Å². The summed E-state index contributed by atoms with van der Waals surface area (Å²) in [7, 11) is 0. The summed E-state index contributed by atoms with van der Waals surface area (Å²) in [5, 5.41) is 0. The van der Waals surface area contributed by atoms with Crippen LogP contribution in [0, 0.1) is 0 Å². The summed E-state index contributed by atoms with van der Waals surface area (Å²) in [5.41, 5.74) is 3.11. The molecule has 0 radical (unpaired) electrons. The van der Waals surface area contributed by atoms with Crippen LogP contribution in [-0.2, 0) is 6.42 Å². The van der Waals surface area contributed by atoms with Gasteiger partial charge in [0.15, 0.2) is 11.3 Å². The summed E-state index contributed by atoms with van der Waals surface area (Å²) in [4.78, 5) is 11.8. The first-order valence-corrected chi connectivity index (χ1v) is 5.69. The van der Waals surface area contributed by atoms with Crippen LogP contribution in [0.25, 0.3) is 0 Å². The molecule has 0 bridgehead atoms. The molecule has 2 N–H and O–H groups in total. The van der Waals surface area contributed by atoms with Gasteiger partial charge in [-0.2, -0.15) is 13.2 Å². The molecule has 0 amide bonds. The number of Topliss-reactive ketones (excluding diaryl/α,β-unsaturated/α-hetero) is 1. The molecule has 2 nitrogen and oxygen atoms in total. The summed E-state index contributed by atoms with van der Waals surface area (Å²) in [6.07, 6.45) is -3.18. The number of ketones is 1. The number of hydrogen-bond acceptors (Lipinski definition) is 2. The number of halogens is 3. The quantitative estimate of drug-likeness (QED) is 0.844. The van der Waals surface area contributed by atoms with Crippen molar-refractivity contribution in [2.45, 2.75) is 38.4 Å². The molecular weight excluding hydrogens is 243 g/mol. The molecule has 1 unspecified atom stereocenters. The number of carbonyl (C=O) groups excluding carboxylic acids is 1. The maximum Gasteiger partial charge on any atom is 0.413 e. The first-order valence-electron chi connectivity index (χ1n) is 5.69. The average Bonchev–Trinajstić information content (AvgIpc) is 2.27. The van der Waals surface area contributed by atoms with Crippen molar-refractivity contribution in [1.82, 2.24) is 0 Å². The lowest BCUT2D eigenvalue weighted by molar-refractivity contribution is -0.165. The Bertz CT molecular complexity index is 438. The fraction of sp³-hybridized carbons (Fsp3) is 0.462. The molecule has 1 aromatic rings. The van der Waals surface area contributed by atoms with E-state index in [1.54, 1.807) is 12.1 Å². The van der Waals surface area contributed by atoms with Crippen LogP contribution in [-0.4, -0.2) is 17.5 Å². The predicted molar refractivity (Wildman–Crippen MR) is 63.4 cm³/mol. The summed E-state index contributed by atoms with van der Waals surface area (Å²) in [6.45, 7) is 2.65. The van der Waals surface area contributed by atoms with Crippen LogP contribution in [0.2, 0.25) is 0 Å². The van der Waals surface area contributed by atoms with Gasteiger partial charge in [0, 0.05) is 5.56 Å². The Balaban J connectivity index is 3.08. The highest BCUT2D eigenvalue weighted by Crippen LogP contribution is 2.31. The third-order valence-corrected chi connectivity index (χ3v) is 2.79. The van der Waals surface area contributed by atoms with E-state index in [4.69, 9.17) is 5.73 Å². The minimum atomic E-state index is -4.76. The van der Waals surface area contributed by atoms with Gasteiger partial charge < -0.3 is 5.73 Å². The van der Waals surface area contributed by atoms with Crippen molar-refractivity contribution >= 4 is 5.78 Å². The van der Waals surface area contributed by atoms with Crippen molar-refractivity contribution in [3.8, 4) is 0 Å². The molecule has 1 atom stereocenters. The number of hydrogen-bond donors (Lipinski definition) is 1. The zero-order chi connectivity index (χ0) is 14.0. The van der Waals surface area contributed by atoms with Gasteiger partial charge >= 0.3 is 6.18 Å². The third kappa shape index (κ3) is 2.90. The van der Waals surface area contributed by atoms with Crippen LogP contribution in [0.5, 0.6) is 0 Å². The number of alkyl halides is 3. The second-order valence-electron chi connectivity index (χ2n) is 4.48. The van der Waals surface area contributed by atoms with Gasteiger partial charge in [-0.1, -0.05) is 31.5 Å².